The quantitative estimate of drug-likeness (QED) is 0.732. The van der Waals surface area contributed by atoms with E-state index in [1.54, 1.807) is 0 Å². The molecule has 0 aromatic carbocycles. The summed E-state index contributed by atoms with van der Waals surface area (Å²) in [7, 11) is 2.23. The zero-order chi connectivity index (χ0) is 10.7. The second kappa shape index (κ2) is 4.81. The van der Waals surface area contributed by atoms with Gasteiger partial charge in [0.1, 0.15) is 0 Å². The topological polar surface area (TPSA) is 35.5 Å². The Bertz CT molecular complexity index is 202. The molecule has 2 rings (SSSR count). The van der Waals surface area contributed by atoms with Crippen LogP contribution in [0.1, 0.15) is 38.5 Å². The molecule has 2 heterocycles. The zero-order valence-electron chi connectivity index (χ0n) is 9.84. The standard InChI is InChI=1S/C12H24N2O/c1-14-8-3-2-5-11(14)9-12(10-15)6-4-7-13-12/h11,13,15H,2-10H2,1H3. The van der Waals surface area contributed by atoms with Crippen molar-refractivity contribution < 1.29 is 5.11 Å². The maximum Gasteiger partial charge on any atom is 0.0613 e. The van der Waals surface area contributed by atoms with E-state index in [4.69, 9.17) is 0 Å². The van der Waals surface area contributed by atoms with Gasteiger partial charge in [0.2, 0.25) is 0 Å². The van der Waals surface area contributed by atoms with Crippen molar-refractivity contribution in [2.24, 2.45) is 0 Å². The lowest BCUT2D eigenvalue weighted by Crippen LogP contribution is -2.50. The second-order valence-corrected chi connectivity index (χ2v) is 5.30. The lowest BCUT2D eigenvalue weighted by atomic mass is 9.86. The van der Waals surface area contributed by atoms with Gasteiger partial charge >= 0.3 is 0 Å². The highest BCUT2D eigenvalue weighted by atomic mass is 16.3. The normalized spacial score (nSPS) is 38.4. The maximum atomic E-state index is 9.55. The first-order chi connectivity index (χ1) is 7.26. The molecule has 2 aliphatic heterocycles. The molecule has 2 atom stereocenters. The monoisotopic (exact) mass is 212 g/mol. The van der Waals surface area contributed by atoms with Crippen molar-refractivity contribution in [3.8, 4) is 0 Å². The zero-order valence-corrected chi connectivity index (χ0v) is 9.84. The van der Waals surface area contributed by atoms with E-state index in [2.05, 4.69) is 17.3 Å². The molecular weight excluding hydrogens is 188 g/mol. The molecule has 2 fully saturated rings. The number of aliphatic hydroxyl groups is 1. The molecule has 0 bridgehead atoms. The number of aliphatic hydroxyl groups excluding tert-OH is 1. The SMILES string of the molecule is CN1CCCCC1CC1(CO)CCCN1. The van der Waals surface area contributed by atoms with Crippen molar-refractivity contribution in [3.05, 3.63) is 0 Å². The third kappa shape index (κ3) is 2.52. The van der Waals surface area contributed by atoms with Gasteiger partial charge in [-0.05, 0) is 52.2 Å². The van der Waals surface area contributed by atoms with E-state index in [1.807, 2.05) is 0 Å². The van der Waals surface area contributed by atoms with Gasteiger partial charge in [0.15, 0.2) is 0 Å². The first-order valence-electron chi connectivity index (χ1n) is 6.32. The van der Waals surface area contributed by atoms with E-state index in [1.165, 1.54) is 32.2 Å². The molecule has 0 spiro atoms. The summed E-state index contributed by atoms with van der Waals surface area (Å²) in [6.45, 7) is 2.61. The van der Waals surface area contributed by atoms with E-state index in [-0.39, 0.29) is 5.54 Å². The molecule has 0 amide bonds. The summed E-state index contributed by atoms with van der Waals surface area (Å²) in [4.78, 5) is 2.47. The minimum Gasteiger partial charge on any atom is -0.394 e. The average molecular weight is 212 g/mol. The molecule has 0 saturated carbocycles. The van der Waals surface area contributed by atoms with Crippen LogP contribution in [0.5, 0.6) is 0 Å². The molecule has 2 unspecified atom stereocenters. The molecule has 2 N–H and O–H groups in total. The highest BCUT2D eigenvalue weighted by Crippen LogP contribution is 2.29. The smallest absolute Gasteiger partial charge is 0.0613 e. The predicted octanol–water partition coefficient (Wildman–Crippen LogP) is 0.975. The molecule has 0 aliphatic carbocycles. The van der Waals surface area contributed by atoms with Crippen LogP contribution >= 0.6 is 0 Å². The third-order valence-electron chi connectivity index (χ3n) is 4.18. The van der Waals surface area contributed by atoms with Gasteiger partial charge in [-0.15, -0.1) is 0 Å². The van der Waals surface area contributed by atoms with Crippen molar-refractivity contribution in [1.29, 1.82) is 0 Å². The van der Waals surface area contributed by atoms with Gasteiger partial charge in [0, 0.05) is 11.6 Å². The summed E-state index contributed by atoms with van der Waals surface area (Å²) < 4.78 is 0. The van der Waals surface area contributed by atoms with Crippen LogP contribution in [0.3, 0.4) is 0 Å². The molecule has 2 saturated heterocycles. The molecule has 15 heavy (non-hydrogen) atoms. The first-order valence-corrected chi connectivity index (χ1v) is 6.32. The Morgan fingerprint density at radius 1 is 1.40 bits per heavy atom. The first kappa shape index (κ1) is 11.4. The number of rotatable bonds is 3. The number of hydrogen-bond donors (Lipinski definition) is 2. The summed E-state index contributed by atoms with van der Waals surface area (Å²) >= 11 is 0. The fraction of sp³-hybridized carbons (Fsp3) is 1.00. The highest BCUT2D eigenvalue weighted by Gasteiger charge is 2.36. The molecule has 0 radical (unpaired) electrons. The Morgan fingerprint density at radius 3 is 2.87 bits per heavy atom. The van der Waals surface area contributed by atoms with Gasteiger partial charge in [0.25, 0.3) is 0 Å². The van der Waals surface area contributed by atoms with Gasteiger partial charge in [-0.1, -0.05) is 6.42 Å². The Balaban J connectivity index is 1.93. The fourth-order valence-electron chi connectivity index (χ4n) is 3.10. The maximum absolute atomic E-state index is 9.55. The van der Waals surface area contributed by atoms with Gasteiger partial charge in [-0.25, -0.2) is 0 Å². The number of hydrogen-bond acceptors (Lipinski definition) is 3. The Morgan fingerprint density at radius 2 is 2.27 bits per heavy atom. The summed E-state index contributed by atoms with van der Waals surface area (Å²) in [6, 6.07) is 0.677. The van der Waals surface area contributed by atoms with Gasteiger partial charge in [0.05, 0.1) is 6.61 Å². The lowest BCUT2D eigenvalue weighted by Gasteiger charge is -2.39. The van der Waals surface area contributed by atoms with Gasteiger partial charge < -0.3 is 15.3 Å². The van der Waals surface area contributed by atoms with E-state index in [0.717, 1.165) is 19.4 Å². The third-order valence-corrected chi connectivity index (χ3v) is 4.18. The minimum absolute atomic E-state index is 0.0380. The Kier molecular flexibility index (Phi) is 3.65. The highest BCUT2D eigenvalue weighted by molar-refractivity contribution is 4.96. The Labute approximate surface area is 92.8 Å². The molecule has 2 aliphatic rings. The Hall–Kier alpha value is -0.120. The molecule has 0 aromatic rings. The predicted molar refractivity (Wildman–Crippen MR) is 61.9 cm³/mol. The van der Waals surface area contributed by atoms with Gasteiger partial charge in [-0.2, -0.15) is 0 Å². The van der Waals surface area contributed by atoms with Crippen LogP contribution in [0, 0.1) is 0 Å². The molecule has 0 aromatic heterocycles. The summed E-state index contributed by atoms with van der Waals surface area (Å²) in [5.74, 6) is 0. The van der Waals surface area contributed by atoms with Gasteiger partial charge in [-0.3, -0.25) is 0 Å². The number of likely N-dealkylation sites (tertiary alicyclic amines) is 1. The second-order valence-electron chi connectivity index (χ2n) is 5.30. The molecule has 88 valence electrons. The van der Waals surface area contributed by atoms with Crippen LogP contribution in [0.25, 0.3) is 0 Å². The van der Waals surface area contributed by atoms with Crippen molar-refractivity contribution in [2.45, 2.75) is 50.1 Å². The number of piperidine rings is 1. The van der Waals surface area contributed by atoms with E-state index >= 15 is 0 Å². The fourth-order valence-corrected chi connectivity index (χ4v) is 3.10. The summed E-state index contributed by atoms with van der Waals surface area (Å²) in [6.07, 6.45) is 7.49. The van der Waals surface area contributed by atoms with E-state index < -0.39 is 0 Å². The molecule has 3 heteroatoms. The van der Waals surface area contributed by atoms with Crippen LogP contribution in [0.2, 0.25) is 0 Å². The van der Waals surface area contributed by atoms with Crippen molar-refractivity contribution in [1.82, 2.24) is 10.2 Å². The average Bonchev–Trinajstić information content (AvgIpc) is 2.71. The molecule has 3 nitrogen and oxygen atoms in total. The minimum atomic E-state index is 0.0380. The van der Waals surface area contributed by atoms with Crippen LogP contribution in [-0.4, -0.2) is 48.3 Å². The van der Waals surface area contributed by atoms with Crippen molar-refractivity contribution in [2.75, 3.05) is 26.7 Å². The number of nitrogens with one attached hydrogen (secondary N) is 1. The summed E-state index contributed by atoms with van der Waals surface area (Å²) in [5, 5.41) is 13.1. The molecular formula is C12H24N2O. The lowest BCUT2D eigenvalue weighted by molar-refractivity contribution is 0.102. The van der Waals surface area contributed by atoms with E-state index in [0.29, 0.717) is 12.6 Å². The van der Waals surface area contributed by atoms with Crippen molar-refractivity contribution in [3.63, 3.8) is 0 Å². The van der Waals surface area contributed by atoms with Crippen LogP contribution < -0.4 is 5.32 Å². The van der Waals surface area contributed by atoms with Crippen LogP contribution in [0.4, 0.5) is 0 Å². The van der Waals surface area contributed by atoms with E-state index in [9.17, 15) is 5.11 Å². The summed E-state index contributed by atoms with van der Waals surface area (Å²) in [5.41, 5.74) is 0.0380. The largest absolute Gasteiger partial charge is 0.394 e. The van der Waals surface area contributed by atoms with Crippen molar-refractivity contribution >= 4 is 0 Å². The van der Waals surface area contributed by atoms with Crippen LogP contribution in [-0.2, 0) is 0 Å². The van der Waals surface area contributed by atoms with Crippen LogP contribution in [0.15, 0.2) is 0 Å². The number of nitrogens with zero attached hydrogens (tertiary/aromatic N) is 1.